The molecule has 0 radical (unpaired) electrons. The first-order valence-electron chi connectivity index (χ1n) is 13.2. The van der Waals surface area contributed by atoms with Crippen LogP contribution in [0.3, 0.4) is 0 Å². The van der Waals surface area contributed by atoms with Gasteiger partial charge in [-0.25, -0.2) is 0 Å². The van der Waals surface area contributed by atoms with Crippen LogP contribution in [0.4, 0.5) is 0 Å². The summed E-state index contributed by atoms with van der Waals surface area (Å²) in [4.78, 5) is 13.1. The van der Waals surface area contributed by atoms with Gasteiger partial charge in [0.25, 0.3) is 0 Å². The van der Waals surface area contributed by atoms with E-state index < -0.39 is 0 Å². The molecule has 10 atom stereocenters. The Morgan fingerprint density at radius 1 is 0.903 bits per heavy atom. The van der Waals surface area contributed by atoms with E-state index in [4.69, 9.17) is 9.84 Å². The topological polar surface area (TPSA) is 66.8 Å². The van der Waals surface area contributed by atoms with E-state index in [0.29, 0.717) is 34.5 Å². The summed E-state index contributed by atoms with van der Waals surface area (Å²) in [5, 5.41) is 19.7. The van der Waals surface area contributed by atoms with Gasteiger partial charge in [-0.3, -0.25) is 4.79 Å². The molecule has 5 aliphatic carbocycles. The van der Waals surface area contributed by atoms with Crippen LogP contribution < -0.4 is 0 Å². The summed E-state index contributed by atoms with van der Waals surface area (Å²) >= 11 is 0. The maximum Gasteiger partial charge on any atom is 0.312 e. The van der Waals surface area contributed by atoms with E-state index in [2.05, 4.69) is 20.8 Å². The van der Waals surface area contributed by atoms with Crippen molar-refractivity contribution in [2.45, 2.75) is 97.5 Å². The van der Waals surface area contributed by atoms with Gasteiger partial charge in [0.15, 0.2) is 0 Å². The Bertz CT molecular complexity index is 707. The van der Waals surface area contributed by atoms with Crippen LogP contribution in [0.5, 0.6) is 0 Å². The predicted octanol–water partition coefficient (Wildman–Crippen LogP) is 4.96. The Balaban J connectivity index is 1.42. The van der Waals surface area contributed by atoms with Crippen LogP contribution in [0.2, 0.25) is 0 Å². The molecule has 0 heterocycles. The summed E-state index contributed by atoms with van der Waals surface area (Å²) < 4.78 is 5.54. The third-order valence-corrected chi connectivity index (χ3v) is 11.8. The van der Waals surface area contributed by atoms with Gasteiger partial charge >= 0.3 is 5.97 Å². The zero-order valence-corrected chi connectivity index (χ0v) is 19.9. The van der Waals surface area contributed by atoms with E-state index in [1.165, 1.54) is 44.9 Å². The van der Waals surface area contributed by atoms with E-state index in [1.807, 2.05) is 0 Å². The molecule has 176 valence electrons. The van der Waals surface area contributed by atoms with Crippen LogP contribution in [0, 0.1) is 51.8 Å². The third-order valence-electron chi connectivity index (χ3n) is 11.8. The van der Waals surface area contributed by atoms with Crippen molar-refractivity contribution < 1.29 is 19.7 Å². The molecule has 5 rings (SSSR count). The molecule has 10 unspecified atom stereocenters. The summed E-state index contributed by atoms with van der Waals surface area (Å²) in [7, 11) is 0. The van der Waals surface area contributed by atoms with Crippen LogP contribution in [0.1, 0.15) is 91.4 Å². The van der Waals surface area contributed by atoms with E-state index in [9.17, 15) is 9.90 Å². The van der Waals surface area contributed by atoms with Crippen LogP contribution in [-0.4, -0.2) is 35.5 Å². The fourth-order valence-corrected chi connectivity index (χ4v) is 10.5. The summed E-state index contributed by atoms with van der Waals surface area (Å²) in [6.45, 7) is 7.54. The molecule has 0 aliphatic heterocycles. The zero-order valence-electron chi connectivity index (χ0n) is 19.9. The van der Waals surface area contributed by atoms with Crippen molar-refractivity contribution in [1.29, 1.82) is 0 Å². The first-order chi connectivity index (χ1) is 14.8. The monoisotopic (exact) mass is 432 g/mol. The van der Waals surface area contributed by atoms with Gasteiger partial charge in [-0.15, -0.1) is 0 Å². The number of aliphatic hydroxyl groups excluding tert-OH is 2. The molecule has 31 heavy (non-hydrogen) atoms. The highest BCUT2D eigenvalue weighted by molar-refractivity contribution is 5.78. The van der Waals surface area contributed by atoms with Crippen molar-refractivity contribution in [3.05, 3.63) is 0 Å². The first kappa shape index (κ1) is 22.2. The fourth-order valence-electron chi connectivity index (χ4n) is 10.5. The Morgan fingerprint density at radius 2 is 1.61 bits per heavy atom. The number of rotatable bonds is 3. The summed E-state index contributed by atoms with van der Waals surface area (Å²) in [5.74, 6) is 3.70. The van der Waals surface area contributed by atoms with Gasteiger partial charge < -0.3 is 14.9 Å². The van der Waals surface area contributed by atoms with Gasteiger partial charge in [0, 0.05) is 0 Å². The van der Waals surface area contributed by atoms with Crippen molar-refractivity contribution >= 4 is 5.97 Å². The number of hydrogen-bond acceptors (Lipinski definition) is 4. The van der Waals surface area contributed by atoms with Gasteiger partial charge in [0.05, 0.1) is 18.1 Å². The molecule has 0 amide bonds. The molecule has 0 aromatic carbocycles. The van der Waals surface area contributed by atoms with Crippen molar-refractivity contribution in [3.63, 3.8) is 0 Å². The van der Waals surface area contributed by atoms with E-state index in [0.717, 1.165) is 37.5 Å². The van der Waals surface area contributed by atoms with Crippen LogP contribution in [-0.2, 0) is 9.53 Å². The average Bonchev–Trinajstić information content (AvgIpc) is 3.20. The van der Waals surface area contributed by atoms with Crippen molar-refractivity contribution in [1.82, 2.24) is 0 Å². The predicted molar refractivity (Wildman–Crippen MR) is 120 cm³/mol. The lowest BCUT2D eigenvalue weighted by atomic mass is 9.37. The third kappa shape index (κ3) is 3.02. The van der Waals surface area contributed by atoms with Gasteiger partial charge in [0.2, 0.25) is 0 Å². The maximum absolute atomic E-state index is 13.1. The van der Waals surface area contributed by atoms with Crippen molar-refractivity contribution in [3.8, 4) is 0 Å². The van der Waals surface area contributed by atoms with Gasteiger partial charge in [-0.1, -0.05) is 27.2 Å². The number of carbonyl (C=O) groups excluding carboxylic acids is 1. The van der Waals surface area contributed by atoms with Gasteiger partial charge in [-0.05, 0) is 111 Å². The molecule has 4 heteroatoms. The summed E-state index contributed by atoms with van der Waals surface area (Å²) in [6.07, 6.45) is 12.6. The minimum Gasteiger partial charge on any atom is -0.463 e. The van der Waals surface area contributed by atoms with Crippen molar-refractivity contribution in [2.24, 2.45) is 51.8 Å². The second-order valence-electron chi connectivity index (χ2n) is 12.6. The molecular weight excluding hydrogens is 388 g/mol. The fraction of sp³-hybridized carbons (Fsp3) is 0.963. The molecule has 4 nitrogen and oxygen atoms in total. The lowest BCUT2D eigenvalue weighted by molar-refractivity contribution is -0.201. The molecule has 0 spiro atoms. The van der Waals surface area contributed by atoms with E-state index in [-0.39, 0.29) is 30.7 Å². The lowest BCUT2D eigenvalue weighted by Gasteiger charge is -2.67. The SMILES string of the molecule is CC1C(O)CCC2(C)C1CCC1(C)C3CCC4(C(=O)OCCO)CCCC4C3CCC21. The molecule has 0 saturated heterocycles. The standard InChI is InChI=1S/C27H44O4/c1-17-19-8-12-26(3)20-9-14-27(24(30)31-16-15-28)11-4-5-21(27)18(20)6-7-23(26)25(19,2)13-10-22(17)29/h17-23,28-29H,4-16H2,1-3H3. The number of carbonyl (C=O) groups is 1. The Morgan fingerprint density at radius 3 is 2.39 bits per heavy atom. The summed E-state index contributed by atoms with van der Waals surface area (Å²) in [6, 6.07) is 0. The highest BCUT2D eigenvalue weighted by Crippen LogP contribution is 2.71. The molecule has 2 N–H and O–H groups in total. The van der Waals surface area contributed by atoms with E-state index >= 15 is 0 Å². The maximum atomic E-state index is 13.1. The minimum absolute atomic E-state index is 0.0134. The van der Waals surface area contributed by atoms with Crippen LogP contribution in [0.25, 0.3) is 0 Å². The quantitative estimate of drug-likeness (QED) is 0.619. The molecule has 5 fully saturated rings. The molecule has 0 aromatic heterocycles. The zero-order chi connectivity index (χ0) is 22.0. The number of ether oxygens (including phenoxy) is 1. The number of aliphatic hydroxyl groups is 2. The molecule has 5 saturated carbocycles. The highest BCUT2D eigenvalue weighted by atomic mass is 16.5. The van der Waals surface area contributed by atoms with Crippen LogP contribution >= 0.6 is 0 Å². The second kappa shape index (κ2) is 7.72. The normalized spacial score (nSPS) is 53.6. The molecule has 0 bridgehead atoms. The van der Waals surface area contributed by atoms with Gasteiger partial charge in [-0.2, -0.15) is 0 Å². The Hall–Kier alpha value is -0.610. The Labute approximate surface area is 188 Å². The lowest BCUT2D eigenvalue weighted by Crippen LogP contribution is -2.61. The smallest absolute Gasteiger partial charge is 0.312 e. The minimum atomic E-state index is -0.274. The summed E-state index contributed by atoms with van der Waals surface area (Å²) in [5.41, 5.74) is 0.463. The number of hydrogen-bond donors (Lipinski definition) is 2. The number of esters is 1. The first-order valence-corrected chi connectivity index (χ1v) is 13.2. The largest absolute Gasteiger partial charge is 0.463 e. The van der Waals surface area contributed by atoms with Crippen molar-refractivity contribution in [2.75, 3.05) is 13.2 Å². The highest BCUT2D eigenvalue weighted by Gasteiger charge is 2.66. The average molecular weight is 433 g/mol. The molecule has 0 aromatic rings. The molecular formula is C27H44O4. The van der Waals surface area contributed by atoms with Crippen LogP contribution in [0.15, 0.2) is 0 Å². The Kier molecular flexibility index (Phi) is 5.53. The van der Waals surface area contributed by atoms with E-state index in [1.54, 1.807) is 0 Å². The van der Waals surface area contributed by atoms with Gasteiger partial charge in [0.1, 0.15) is 6.61 Å². The number of fused-ring (bicyclic) bond motifs is 7. The second-order valence-corrected chi connectivity index (χ2v) is 12.6. The molecule has 5 aliphatic rings.